The van der Waals surface area contributed by atoms with E-state index in [2.05, 4.69) is 15.5 Å². The molecule has 0 bridgehead atoms. The van der Waals surface area contributed by atoms with Crippen molar-refractivity contribution in [1.29, 1.82) is 0 Å². The van der Waals surface area contributed by atoms with Crippen LogP contribution in [0.4, 0.5) is 4.39 Å². The number of hydrogen-bond acceptors (Lipinski definition) is 4. The molecular weight excluding hydrogens is 455 g/mol. The summed E-state index contributed by atoms with van der Waals surface area (Å²) >= 11 is 0. The van der Waals surface area contributed by atoms with Crippen molar-refractivity contribution in [3.63, 3.8) is 0 Å². The molecule has 1 heterocycles. The van der Waals surface area contributed by atoms with Gasteiger partial charge in [-0.05, 0) is 93.4 Å². The Labute approximate surface area is 210 Å². The van der Waals surface area contributed by atoms with E-state index in [-0.39, 0.29) is 23.1 Å². The number of carbonyl (C=O) groups is 1. The van der Waals surface area contributed by atoms with Crippen molar-refractivity contribution in [1.82, 2.24) is 15.5 Å². The van der Waals surface area contributed by atoms with Gasteiger partial charge in [-0.25, -0.2) is 9.49 Å². The highest BCUT2D eigenvalue weighted by molar-refractivity contribution is 5.95. The smallest absolute Gasteiger partial charge is 0.272 e. The Kier molecular flexibility index (Phi) is 7.46. The average Bonchev–Trinajstić information content (AvgIpc) is 2.89. The SMILES string of the molecule is NC1CCC(CC2CCC(NC(=O)c3cc(Cc4n[nH]c(=O)c5ccccc45)ccc3F)CC2)CC1. The number of aromatic amines is 1. The number of amides is 1. The van der Waals surface area contributed by atoms with Crippen LogP contribution in [0.2, 0.25) is 0 Å². The first-order chi connectivity index (χ1) is 17.5. The number of H-pyrrole nitrogens is 1. The maximum absolute atomic E-state index is 14.6. The molecule has 0 saturated heterocycles. The van der Waals surface area contributed by atoms with E-state index in [0.29, 0.717) is 23.5 Å². The molecule has 3 aromatic rings. The highest BCUT2D eigenvalue weighted by atomic mass is 19.1. The quantitative estimate of drug-likeness (QED) is 0.460. The van der Waals surface area contributed by atoms with Gasteiger partial charge in [0.15, 0.2) is 0 Å². The van der Waals surface area contributed by atoms with Crippen molar-refractivity contribution >= 4 is 16.7 Å². The predicted octanol–water partition coefficient (Wildman–Crippen LogP) is 4.85. The summed E-state index contributed by atoms with van der Waals surface area (Å²) in [6, 6.07) is 12.3. The van der Waals surface area contributed by atoms with Crippen LogP contribution in [-0.2, 0) is 6.42 Å². The average molecular weight is 491 g/mol. The largest absolute Gasteiger partial charge is 0.349 e. The first-order valence-electron chi connectivity index (χ1n) is 13.3. The maximum Gasteiger partial charge on any atom is 0.272 e. The zero-order valence-electron chi connectivity index (χ0n) is 20.6. The van der Waals surface area contributed by atoms with Crippen molar-refractivity contribution in [3.8, 4) is 0 Å². The van der Waals surface area contributed by atoms with Gasteiger partial charge in [-0.1, -0.05) is 24.3 Å². The fourth-order valence-corrected chi connectivity index (χ4v) is 6.06. The van der Waals surface area contributed by atoms with Crippen molar-refractivity contribution in [2.75, 3.05) is 0 Å². The summed E-state index contributed by atoms with van der Waals surface area (Å²) in [5, 5.41) is 11.1. The van der Waals surface area contributed by atoms with Crippen LogP contribution in [0.15, 0.2) is 47.3 Å². The molecular formula is C29H35FN4O2. The first-order valence-corrected chi connectivity index (χ1v) is 13.3. The minimum Gasteiger partial charge on any atom is -0.349 e. The van der Waals surface area contributed by atoms with Gasteiger partial charge in [0, 0.05) is 23.9 Å². The Hall–Kier alpha value is -3.06. The van der Waals surface area contributed by atoms with Gasteiger partial charge in [0.25, 0.3) is 11.5 Å². The predicted molar refractivity (Wildman–Crippen MR) is 139 cm³/mol. The Bertz CT molecular complexity index is 1270. The third-order valence-corrected chi connectivity index (χ3v) is 8.16. The van der Waals surface area contributed by atoms with Gasteiger partial charge in [0.05, 0.1) is 16.6 Å². The maximum atomic E-state index is 14.6. The van der Waals surface area contributed by atoms with Crippen LogP contribution in [-0.4, -0.2) is 28.2 Å². The Balaban J connectivity index is 1.20. The summed E-state index contributed by atoms with van der Waals surface area (Å²) in [4.78, 5) is 25.1. The van der Waals surface area contributed by atoms with Crippen LogP contribution in [0.5, 0.6) is 0 Å². The molecule has 0 radical (unpaired) electrons. The molecule has 190 valence electrons. The summed E-state index contributed by atoms with van der Waals surface area (Å²) < 4.78 is 14.6. The molecule has 7 heteroatoms. The third kappa shape index (κ3) is 5.67. The van der Waals surface area contributed by atoms with Crippen molar-refractivity contribution < 1.29 is 9.18 Å². The summed E-state index contributed by atoms with van der Waals surface area (Å²) in [6.07, 6.45) is 10.6. The van der Waals surface area contributed by atoms with Gasteiger partial charge >= 0.3 is 0 Å². The molecule has 2 fully saturated rings. The van der Waals surface area contributed by atoms with Gasteiger partial charge < -0.3 is 11.1 Å². The van der Waals surface area contributed by atoms with E-state index in [1.54, 1.807) is 24.3 Å². The monoisotopic (exact) mass is 490 g/mol. The second-order valence-corrected chi connectivity index (χ2v) is 10.7. The lowest BCUT2D eigenvalue weighted by molar-refractivity contribution is 0.0914. The number of nitrogens with zero attached hydrogens (tertiary/aromatic N) is 1. The molecule has 6 nitrogen and oxygen atoms in total. The third-order valence-electron chi connectivity index (χ3n) is 8.16. The molecule has 2 aromatic carbocycles. The number of fused-ring (bicyclic) bond motifs is 1. The molecule has 0 spiro atoms. The number of aromatic nitrogens is 2. The molecule has 2 aliphatic carbocycles. The minimum absolute atomic E-state index is 0.0573. The highest BCUT2D eigenvalue weighted by Gasteiger charge is 2.27. The second-order valence-electron chi connectivity index (χ2n) is 10.7. The fourth-order valence-electron chi connectivity index (χ4n) is 6.06. The molecule has 2 aliphatic rings. The zero-order chi connectivity index (χ0) is 25.1. The van der Waals surface area contributed by atoms with Gasteiger partial charge in [-0.15, -0.1) is 0 Å². The number of benzene rings is 2. The molecule has 5 rings (SSSR count). The Morgan fingerprint density at radius 3 is 2.36 bits per heavy atom. The van der Waals surface area contributed by atoms with E-state index in [9.17, 15) is 14.0 Å². The number of carbonyl (C=O) groups excluding carboxylic acids is 1. The normalized spacial score (nSPS) is 24.5. The molecule has 0 aliphatic heterocycles. The Morgan fingerprint density at radius 2 is 1.64 bits per heavy atom. The lowest BCUT2D eigenvalue weighted by Gasteiger charge is -2.33. The van der Waals surface area contributed by atoms with Crippen LogP contribution in [0.1, 0.15) is 79.4 Å². The van der Waals surface area contributed by atoms with Crippen molar-refractivity contribution in [2.45, 2.75) is 76.3 Å². The molecule has 4 N–H and O–H groups in total. The van der Waals surface area contributed by atoms with Crippen LogP contribution in [0, 0.1) is 17.7 Å². The van der Waals surface area contributed by atoms with E-state index in [0.717, 1.165) is 61.3 Å². The Morgan fingerprint density at radius 1 is 0.972 bits per heavy atom. The fraction of sp³-hybridized carbons (Fsp3) is 0.483. The van der Waals surface area contributed by atoms with E-state index >= 15 is 0 Å². The zero-order valence-corrected chi connectivity index (χ0v) is 20.6. The summed E-state index contributed by atoms with van der Waals surface area (Å²) in [6.45, 7) is 0. The van der Waals surface area contributed by atoms with Crippen LogP contribution >= 0.6 is 0 Å². The highest BCUT2D eigenvalue weighted by Crippen LogP contribution is 2.35. The second kappa shape index (κ2) is 10.9. The molecule has 1 amide bonds. The van der Waals surface area contributed by atoms with Gasteiger partial charge in [-0.2, -0.15) is 5.10 Å². The topological polar surface area (TPSA) is 101 Å². The van der Waals surface area contributed by atoms with Gasteiger partial charge in [-0.3, -0.25) is 9.59 Å². The molecule has 2 saturated carbocycles. The summed E-state index contributed by atoms with van der Waals surface area (Å²) in [5.41, 5.74) is 7.31. The minimum atomic E-state index is -0.528. The van der Waals surface area contributed by atoms with E-state index < -0.39 is 5.82 Å². The lowest BCUT2D eigenvalue weighted by Crippen LogP contribution is -2.38. The number of nitrogens with one attached hydrogen (secondary N) is 2. The number of rotatable bonds is 6. The van der Waals surface area contributed by atoms with Crippen LogP contribution in [0.25, 0.3) is 10.8 Å². The molecule has 0 unspecified atom stereocenters. The van der Waals surface area contributed by atoms with Crippen LogP contribution in [0.3, 0.4) is 0 Å². The van der Waals surface area contributed by atoms with E-state index in [1.807, 2.05) is 12.1 Å². The lowest BCUT2D eigenvalue weighted by atomic mass is 9.76. The van der Waals surface area contributed by atoms with E-state index in [4.69, 9.17) is 5.73 Å². The summed E-state index contributed by atoms with van der Waals surface area (Å²) in [5.74, 6) is 0.627. The standard InChI is InChI=1S/C29H35FN4O2/c30-26-14-9-20(17-27-23-3-1-2-4-24(23)29(36)34-33-27)16-25(26)28(35)32-22-12-7-19(8-13-22)15-18-5-10-21(31)11-6-18/h1-4,9,14,16,18-19,21-22H,5-8,10-13,15,17,31H2,(H,32,35)(H,34,36). The number of halogens is 1. The summed E-state index contributed by atoms with van der Waals surface area (Å²) in [7, 11) is 0. The van der Waals surface area contributed by atoms with Crippen LogP contribution < -0.4 is 16.6 Å². The van der Waals surface area contributed by atoms with Gasteiger partial charge in [0.2, 0.25) is 0 Å². The first kappa shape index (κ1) is 24.6. The van der Waals surface area contributed by atoms with Crippen molar-refractivity contribution in [2.24, 2.45) is 17.6 Å². The van der Waals surface area contributed by atoms with Crippen molar-refractivity contribution in [3.05, 3.63) is 75.5 Å². The molecule has 0 atom stereocenters. The molecule has 36 heavy (non-hydrogen) atoms. The van der Waals surface area contributed by atoms with E-state index in [1.165, 1.54) is 25.3 Å². The molecule has 1 aromatic heterocycles. The number of nitrogens with two attached hydrogens (primary N) is 1. The van der Waals surface area contributed by atoms with Gasteiger partial charge in [0.1, 0.15) is 5.82 Å². The number of hydrogen-bond donors (Lipinski definition) is 3.